The molecule has 0 saturated heterocycles. The van der Waals surface area contributed by atoms with Gasteiger partial charge in [-0.25, -0.2) is 4.98 Å². The van der Waals surface area contributed by atoms with Crippen LogP contribution in [0, 0.1) is 6.92 Å². The molecular weight excluding hydrogens is 404 g/mol. The van der Waals surface area contributed by atoms with Crippen LogP contribution in [0.1, 0.15) is 34.6 Å². The van der Waals surface area contributed by atoms with Crippen molar-refractivity contribution in [3.8, 4) is 22.8 Å². The van der Waals surface area contributed by atoms with Gasteiger partial charge in [-0.2, -0.15) is 5.10 Å². The molecule has 0 spiro atoms. The zero-order valence-corrected chi connectivity index (χ0v) is 18.8. The van der Waals surface area contributed by atoms with Gasteiger partial charge in [-0.1, -0.05) is 24.3 Å². The normalized spacial score (nSPS) is 11.9. The zero-order chi connectivity index (χ0) is 22.8. The Balaban J connectivity index is 1.77. The Morgan fingerprint density at radius 2 is 1.72 bits per heavy atom. The number of carbonyl (C=O) groups is 1. The fourth-order valence-electron chi connectivity index (χ4n) is 3.82. The first-order chi connectivity index (χ1) is 15.4. The topological polar surface area (TPSA) is 78.3 Å². The van der Waals surface area contributed by atoms with Gasteiger partial charge in [0.2, 0.25) is 0 Å². The van der Waals surface area contributed by atoms with Gasteiger partial charge in [0.25, 0.3) is 5.91 Å². The van der Waals surface area contributed by atoms with E-state index in [0.717, 1.165) is 33.7 Å². The second-order valence-corrected chi connectivity index (χ2v) is 7.67. The number of pyridine rings is 1. The maximum atomic E-state index is 13.4. The molecule has 1 N–H and O–H groups in total. The number of hydrogen-bond acceptors (Lipinski definition) is 5. The fourth-order valence-corrected chi connectivity index (χ4v) is 3.82. The first-order valence-corrected chi connectivity index (χ1v) is 10.3. The van der Waals surface area contributed by atoms with Crippen LogP contribution in [0.2, 0.25) is 0 Å². The summed E-state index contributed by atoms with van der Waals surface area (Å²) in [4.78, 5) is 18.2. The Hall–Kier alpha value is -3.87. The highest BCUT2D eigenvalue weighted by Gasteiger charge is 2.21. The van der Waals surface area contributed by atoms with Crippen LogP contribution in [0.5, 0.6) is 11.5 Å². The molecule has 2 aromatic heterocycles. The van der Waals surface area contributed by atoms with Crippen LogP contribution >= 0.6 is 0 Å². The first kappa shape index (κ1) is 21.4. The summed E-state index contributed by atoms with van der Waals surface area (Å²) >= 11 is 0. The molecule has 0 radical (unpaired) electrons. The lowest BCUT2D eigenvalue weighted by Crippen LogP contribution is -2.27. The van der Waals surface area contributed by atoms with Crippen molar-refractivity contribution in [2.75, 3.05) is 14.2 Å². The van der Waals surface area contributed by atoms with E-state index in [1.54, 1.807) is 18.9 Å². The number of rotatable bonds is 6. The molecule has 4 rings (SSSR count). The molecule has 0 aliphatic carbocycles. The predicted molar refractivity (Wildman–Crippen MR) is 124 cm³/mol. The molecule has 0 bridgehead atoms. The molecule has 164 valence electrons. The van der Waals surface area contributed by atoms with E-state index in [-0.39, 0.29) is 11.9 Å². The molecular formula is C25H26N4O3. The monoisotopic (exact) mass is 430 g/mol. The third kappa shape index (κ3) is 4.01. The van der Waals surface area contributed by atoms with E-state index in [0.29, 0.717) is 16.9 Å². The van der Waals surface area contributed by atoms with Crippen LogP contribution in [-0.4, -0.2) is 34.9 Å². The Morgan fingerprint density at radius 1 is 1.03 bits per heavy atom. The average Bonchev–Trinajstić information content (AvgIpc) is 3.11. The van der Waals surface area contributed by atoms with Crippen LogP contribution in [0.15, 0.2) is 54.6 Å². The van der Waals surface area contributed by atoms with Crippen LogP contribution in [0.25, 0.3) is 22.3 Å². The third-order valence-corrected chi connectivity index (χ3v) is 5.52. The molecule has 7 heteroatoms. The third-order valence-electron chi connectivity index (χ3n) is 5.52. The van der Waals surface area contributed by atoms with E-state index in [4.69, 9.17) is 14.5 Å². The number of ether oxygens (including phenoxy) is 2. The number of amides is 1. The van der Waals surface area contributed by atoms with Crippen molar-refractivity contribution in [3.63, 3.8) is 0 Å². The summed E-state index contributed by atoms with van der Waals surface area (Å²) in [7, 11) is 5.08. The van der Waals surface area contributed by atoms with Gasteiger partial charge in [-0.3, -0.25) is 9.48 Å². The summed E-state index contributed by atoms with van der Waals surface area (Å²) in [5.74, 6) is 1.29. The maximum Gasteiger partial charge on any atom is 0.252 e. The van der Waals surface area contributed by atoms with E-state index in [1.165, 1.54) is 0 Å². The number of hydrogen-bond donors (Lipinski definition) is 1. The molecule has 0 saturated carbocycles. The molecule has 0 fully saturated rings. The molecule has 32 heavy (non-hydrogen) atoms. The maximum absolute atomic E-state index is 13.4. The number of methoxy groups -OCH3 is 2. The number of nitrogens with zero attached hydrogens (tertiary/aromatic N) is 3. The van der Waals surface area contributed by atoms with Crippen molar-refractivity contribution in [3.05, 3.63) is 71.4 Å². The van der Waals surface area contributed by atoms with Crippen LogP contribution in [0.4, 0.5) is 0 Å². The molecule has 2 heterocycles. The van der Waals surface area contributed by atoms with Gasteiger partial charge in [0.05, 0.1) is 42.6 Å². The highest BCUT2D eigenvalue weighted by Crippen LogP contribution is 2.29. The molecule has 1 unspecified atom stereocenters. The highest BCUT2D eigenvalue weighted by atomic mass is 16.5. The number of aryl methyl sites for hydroxylation is 2. The van der Waals surface area contributed by atoms with Crippen molar-refractivity contribution in [2.45, 2.75) is 19.9 Å². The number of nitrogens with one attached hydrogen (secondary N) is 1. The minimum atomic E-state index is -0.210. The van der Waals surface area contributed by atoms with Crippen molar-refractivity contribution in [1.29, 1.82) is 0 Å². The molecule has 2 aromatic carbocycles. The van der Waals surface area contributed by atoms with E-state index in [2.05, 4.69) is 10.4 Å². The second-order valence-electron chi connectivity index (χ2n) is 7.67. The number of fused-ring (bicyclic) bond motifs is 1. The summed E-state index contributed by atoms with van der Waals surface area (Å²) in [6.45, 7) is 3.83. The van der Waals surface area contributed by atoms with Crippen molar-refractivity contribution in [1.82, 2.24) is 20.1 Å². The van der Waals surface area contributed by atoms with Gasteiger partial charge in [0.15, 0.2) is 5.65 Å². The minimum absolute atomic E-state index is 0.187. The lowest BCUT2D eigenvalue weighted by molar-refractivity contribution is 0.0941. The molecule has 0 aliphatic heterocycles. The van der Waals surface area contributed by atoms with E-state index in [1.807, 2.05) is 75.5 Å². The standard InChI is InChI=1S/C25H26N4O3/c1-15(17-8-6-10-19(12-17)31-4)26-25(30)21-14-22(18-9-7-11-20(13-18)32-5)27-24-23(21)16(2)28-29(24)3/h6-15H,1-5H3,(H,26,30). The van der Waals surface area contributed by atoms with E-state index in [9.17, 15) is 4.79 Å². The van der Waals surface area contributed by atoms with Crippen molar-refractivity contribution < 1.29 is 14.3 Å². The average molecular weight is 431 g/mol. The van der Waals surface area contributed by atoms with Gasteiger partial charge in [-0.15, -0.1) is 0 Å². The van der Waals surface area contributed by atoms with Crippen molar-refractivity contribution >= 4 is 16.9 Å². The summed E-state index contributed by atoms with van der Waals surface area (Å²) in [6, 6.07) is 16.9. The SMILES string of the molecule is COc1cccc(-c2cc(C(=O)NC(C)c3cccc(OC)c3)c3c(C)nn(C)c3n2)c1. The number of benzene rings is 2. The van der Waals surface area contributed by atoms with Gasteiger partial charge < -0.3 is 14.8 Å². The smallest absolute Gasteiger partial charge is 0.252 e. The summed E-state index contributed by atoms with van der Waals surface area (Å²) in [5.41, 5.74) is 4.44. The second kappa shape index (κ2) is 8.70. The number of aromatic nitrogens is 3. The minimum Gasteiger partial charge on any atom is -0.497 e. The predicted octanol–water partition coefficient (Wildman–Crippen LogP) is 4.45. The highest BCUT2D eigenvalue weighted by molar-refractivity contribution is 6.07. The first-order valence-electron chi connectivity index (χ1n) is 10.3. The fraction of sp³-hybridized carbons (Fsp3) is 0.240. The van der Waals surface area contributed by atoms with Crippen LogP contribution in [0.3, 0.4) is 0 Å². The quantitative estimate of drug-likeness (QED) is 0.489. The van der Waals surface area contributed by atoms with Gasteiger partial charge in [0.1, 0.15) is 11.5 Å². The van der Waals surface area contributed by atoms with Gasteiger partial charge in [-0.05, 0) is 49.7 Å². The molecule has 0 aliphatic rings. The summed E-state index contributed by atoms with van der Waals surface area (Å²) < 4.78 is 12.4. The summed E-state index contributed by atoms with van der Waals surface area (Å²) in [6.07, 6.45) is 0. The van der Waals surface area contributed by atoms with Crippen LogP contribution < -0.4 is 14.8 Å². The van der Waals surface area contributed by atoms with Crippen molar-refractivity contribution in [2.24, 2.45) is 7.05 Å². The molecule has 1 amide bonds. The van der Waals surface area contributed by atoms with Gasteiger partial charge >= 0.3 is 0 Å². The molecule has 7 nitrogen and oxygen atoms in total. The molecule has 4 aromatic rings. The Kier molecular flexibility index (Phi) is 5.81. The van der Waals surface area contributed by atoms with Gasteiger partial charge in [0, 0.05) is 12.6 Å². The number of carbonyl (C=O) groups excluding carboxylic acids is 1. The Morgan fingerprint density at radius 3 is 2.44 bits per heavy atom. The largest absolute Gasteiger partial charge is 0.497 e. The van der Waals surface area contributed by atoms with Crippen LogP contribution in [-0.2, 0) is 7.05 Å². The Bertz CT molecular complexity index is 1300. The molecule has 1 atom stereocenters. The zero-order valence-electron chi connectivity index (χ0n) is 18.8. The summed E-state index contributed by atoms with van der Waals surface area (Å²) in [5, 5.41) is 8.35. The lowest BCUT2D eigenvalue weighted by atomic mass is 10.0. The van der Waals surface area contributed by atoms with E-state index >= 15 is 0 Å². The Labute approximate surface area is 187 Å². The van der Waals surface area contributed by atoms with E-state index < -0.39 is 0 Å². The lowest BCUT2D eigenvalue weighted by Gasteiger charge is -2.16.